The molecule has 0 aromatic rings. The summed E-state index contributed by atoms with van der Waals surface area (Å²) in [5.41, 5.74) is 1.16. The fraction of sp³-hybridized carbons (Fsp3) is 0.900. The Balaban J connectivity index is 1.62. The van der Waals surface area contributed by atoms with E-state index in [1.807, 2.05) is 0 Å². The van der Waals surface area contributed by atoms with Gasteiger partial charge in [0.25, 0.3) is 0 Å². The summed E-state index contributed by atoms with van der Waals surface area (Å²) in [6.45, 7) is 18.7. The molecule has 5 rings (SSSR count). The first-order valence-electron chi connectivity index (χ1n) is 13.7. The summed E-state index contributed by atoms with van der Waals surface area (Å²) in [6.07, 6.45) is 8.30. The van der Waals surface area contributed by atoms with Crippen molar-refractivity contribution in [2.45, 2.75) is 113 Å². The van der Waals surface area contributed by atoms with Crippen molar-refractivity contribution in [3.8, 4) is 0 Å². The summed E-state index contributed by atoms with van der Waals surface area (Å²) in [6, 6.07) is 0. The van der Waals surface area contributed by atoms with Gasteiger partial charge in [-0.1, -0.05) is 67.0 Å². The number of hydrogen-bond acceptors (Lipinski definition) is 3. The van der Waals surface area contributed by atoms with Crippen molar-refractivity contribution in [3.05, 3.63) is 11.6 Å². The van der Waals surface area contributed by atoms with E-state index in [1.165, 1.54) is 5.57 Å². The molecular weight excluding hydrogens is 408 g/mol. The van der Waals surface area contributed by atoms with E-state index in [-0.39, 0.29) is 50.9 Å². The lowest BCUT2D eigenvalue weighted by Crippen LogP contribution is -2.65. The zero-order chi connectivity index (χ0) is 24.4. The first kappa shape index (κ1) is 24.0. The highest BCUT2D eigenvalue weighted by Crippen LogP contribution is 2.76. The second-order valence-electron chi connectivity index (χ2n) is 14.7. The molecule has 2 N–H and O–H groups in total. The lowest BCUT2D eigenvalue weighted by molar-refractivity contribution is -0.196. The summed E-state index contributed by atoms with van der Waals surface area (Å²) in [7, 11) is 0. The predicted octanol–water partition coefficient (Wildman–Crippen LogP) is 6.17. The highest BCUT2D eigenvalue weighted by Gasteiger charge is 2.71. The Morgan fingerprint density at radius 1 is 0.909 bits per heavy atom. The minimum atomic E-state index is -0.409. The molecule has 0 spiro atoms. The van der Waals surface area contributed by atoms with Crippen LogP contribution in [0.1, 0.15) is 100 Å². The minimum Gasteiger partial charge on any atom is -0.393 e. The summed E-state index contributed by atoms with van der Waals surface area (Å²) >= 11 is 0. The Labute approximate surface area is 201 Å². The molecule has 4 fully saturated rings. The van der Waals surface area contributed by atoms with E-state index in [0.717, 1.165) is 38.5 Å². The van der Waals surface area contributed by atoms with Gasteiger partial charge in [0.1, 0.15) is 5.78 Å². The van der Waals surface area contributed by atoms with Crippen molar-refractivity contribution in [3.63, 3.8) is 0 Å². The number of allylic oxidation sites excluding steroid dienone is 1. The van der Waals surface area contributed by atoms with E-state index in [9.17, 15) is 15.0 Å². The quantitative estimate of drug-likeness (QED) is 0.464. The summed E-state index contributed by atoms with van der Waals surface area (Å²) in [5, 5.41) is 23.3. The Bertz CT molecular complexity index is 887. The molecule has 5 aliphatic rings. The van der Waals surface area contributed by atoms with Crippen molar-refractivity contribution in [1.82, 2.24) is 0 Å². The molecule has 0 aliphatic heterocycles. The molecule has 3 nitrogen and oxygen atoms in total. The highest BCUT2D eigenvalue weighted by molar-refractivity contribution is 5.85. The average Bonchev–Trinajstić information content (AvgIpc) is 3.00. The molecule has 186 valence electrons. The molecule has 0 amide bonds. The van der Waals surface area contributed by atoms with Crippen LogP contribution in [0.15, 0.2) is 11.6 Å². The van der Waals surface area contributed by atoms with Gasteiger partial charge in [-0.3, -0.25) is 4.79 Å². The van der Waals surface area contributed by atoms with E-state index in [0.29, 0.717) is 24.0 Å². The molecular formula is C30H48O3. The molecule has 0 aromatic carbocycles. The Hall–Kier alpha value is -0.670. The largest absolute Gasteiger partial charge is 0.393 e. The van der Waals surface area contributed by atoms with Crippen LogP contribution < -0.4 is 0 Å². The second kappa shape index (κ2) is 6.96. The molecule has 10 atom stereocenters. The van der Waals surface area contributed by atoms with Crippen LogP contribution in [0, 0.1) is 56.7 Å². The van der Waals surface area contributed by atoms with Gasteiger partial charge in [-0.15, -0.1) is 0 Å². The lowest BCUT2D eigenvalue weighted by Gasteiger charge is -2.69. The number of carbonyl (C=O) groups excluding carboxylic acids is 1. The Morgan fingerprint density at radius 3 is 2.21 bits per heavy atom. The SMILES string of the molecule is CC(C)[C@@H]1C[C@@H](O)[C@H]2[C@@]1(C)CC[C@@]1(C)[C@H]3C(=CC[C@]21C)[C@@]1(C)CCC(=O)C(C)(C)[C@@H]1C[C@@H]3O. The van der Waals surface area contributed by atoms with Gasteiger partial charge in [0.05, 0.1) is 12.2 Å². The summed E-state index contributed by atoms with van der Waals surface area (Å²) in [4.78, 5) is 12.9. The lowest BCUT2D eigenvalue weighted by atomic mass is 9.35. The number of fused-ring (bicyclic) bond motifs is 7. The molecule has 3 heteroatoms. The number of hydrogen-bond donors (Lipinski definition) is 2. The van der Waals surface area contributed by atoms with E-state index >= 15 is 0 Å². The van der Waals surface area contributed by atoms with Gasteiger partial charge in [-0.25, -0.2) is 0 Å². The summed E-state index contributed by atoms with van der Waals surface area (Å²) in [5.74, 6) is 2.12. The number of rotatable bonds is 1. The van der Waals surface area contributed by atoms with Crippen LogP contribution in [0.4, 0.5) is 0 Å². The van der Waals surface area contributed by atoms with Gasteiger partial charge in [0.15, 0.2) is 0 Å². The number of carbonyl (C=O) groups is 1. The Kier molecular flexibility index (Phi) is 5.07. The minimum absolute atomic E-state index is 0.0127. The second-order valence-corrected chi connectivity index (χ2v) is 14.7. The van der Waals surface area contributed by atoms with Gasteiger partial charge in [-0.05, 0) is 83.9 Å². The smallest absolute Gasteiger partial charge is 0.138 e. The maximum Gasteiger partial charge on any atom is 0.138 e. The van der Waals surface area contributed by atoms with E-state index in [1.54, 1.807) is 0 Å². The van der Waals surface area contributed by atoms with Crippen LogP contribution in [0.25, 0.3) is 0 Å². The maximum absolute atomic E-state index is 12.9. The van der Waals surface area contributed by atoms with Gasteiger partial charge < -0.3 is 10.2 Å². The number of Topliss-reactive ketones (excluding diaryl/α,β-unsaturated/α-hetero) is 1. The van der Waals surface area contributed by atoms with Crippen molar-refractivity contribution in [2.75, 3.05) is 0 Å². The van der Waals surface area contributed by atoms with Crippen molar-refractivity contribution in [2.24, 2.45) is 56.7 Å². The standard InChI is InChI=1S/C30H48O3/c1-17(2)19-15-21(32)25-28(19,6)13-14-29(7)24-18(9-12-30(25,29)8)27(5)11-10-23(33)26(3,4)22(27)16-20(24)31/h9,17,19-22,24-25,31-32H,10-16H2,1-8H3/t19-,20-,21+,22-,24-,25-,27+,28-,29-,30+/m0/s1. The third-order valence-corrected chi connectivity index (χ3v) is 12.9. The van der Waals surface area contributed by atoms with Crippen LogP contribution in [-0.2, 0) is 4.79 Å². The molecule has 0 unspecified atom stereocenters. The van der Waals surface area contributed by atoms with E-state index in [2.05, 4.69) is 61.5 Å². The number of aliphatic hydroxyl groups excluding tert-OH is 2. The molecule has 0 saturated heterocycles. The molecule has 33 heavy (non-hydrogen) atoms. The van der Waals surface area contributed by atoms with Gasteiger partial charge >= 0.3 is 0 Å². The molecule has 0 radical (unpaired) electrons. The van der Waals surface area contributed by atoms with Crippen LogP contribution in [0.5, 0.6) is 0 Å². The normalized spacial score (nSPS) is 55.4. The maximum atomic E-state index is 12.9. The molecule has 0 heterocycles. The average molecular weight is 457 g/mol. The van der Waals surface area contributed by atoms with Crippen LogP contribution in [0.3, 0.4) is 0 Å². The Morgan fingerprint density at radius 2 is 1.58 bits per heavy atom. The molecule has 0 aromatic heterocycles. The molecule has 4 saturated carbocycles. The molecule has 0 bridgehead atoms. The summed E-state index contributed by atoms with van der Waals surface area (Å²) < 4.78 is 0. The van der Waals surface area contributed by atoms with Gasteiger partial charge in [-0.2, -0.15) is 0 Å². The van der Waals surface area contributed by atoms with Crippen LogP contribution in [0.2, 0.25) is 0 Å². The van der Waals surface area contributed by atoms with Gasteiger partial charge in [0.2, 0.25) is 0 Å². The number of ketones is 1. The first-order chi connectivity index (χ1) is 15.1. The fourth-order valence-corrected chi connectivity index (χ4v) is 11.1. The highest BCUT2D eigenvalue weighted by atomic mass is 16.3. The topological polar surface area (TPSA) is 57.5 Å². The van der Waals surface area contributed by atoms with Crippen molar-refractivity contribution < 1.29 is 15.0 Å². The van der Waals surface area contributed by atoms with E-state index < -0.39 is 6.10 Å². The van der Waals surface area contributed by atoms with E-state index in [4.69, 9.17) is 0 Å². The predicted molar refractivity (Wildman–Crippen MR) is 132 cm³/mol. The van der Waals surface area contributed by atoms with Crippen LogP contribution in [-0.4, -0.2) is 28.2 Å². The van der Waals surface area contributed by atoms with Crippen LogP contribution >= 0.6 is 0 Å². The third kappa shape index (κ3) is 2.73. The van der Waals surface area contributed by atoms with Crippen molar-refractivity contribution >= 4 is 5.78 Å². The monoisotopic (exact) mass is 456 g/mol. The zero-order valence-corrected chi connectivity index (χ0v) is 22.4. The van der Waals surface area contributed by atoms with Crippen molar-refractivity contribution in [1.29, 1.82) is 0 Å². The zero-order valence-electron chi connectivity index (χ0n) is 22.4. The number of aliphatic hydroxyl groups is 2. The first-order valence-corrected chi connectivity index (χ1v) is 13.7. The van der Waals surface area contributed by atoms with Gasteiger partial charge in [0, 0.05) is 17.8 Å². The molecule has 5 aliphatic carbocycles. The fourth-order valence-electron chi connectivity index (χ4n) is 11.1. The third-order valence-electron chi connectivity index (χ3n) is 12.9.